The van der Waals surface area contributed by atoms with Crippen LogP contribution < -0.4 is 5.73 Å². The van der Waals surface area contributed by atoms with Gasteiger partial charge in [-0.2, -0.15) is 0 Å². The van der Waals surface area contributed by atoms with Crippen molar-refractivity contribution in [2.75, 3.05) is 6.61 Å². The highest BCUT2D eigenvalue weighted by Gasteiger charge is 2.27. The van der Waals surface area contributed by atoms with Crippen molar-refractivity contribution in [3.05, 3.63) is 41.1 Å². The summed E-state index contributed by atoms with van der Waals surface area (Å²) >= 11 is 0. The first kappa shape index (κ1) is 12.4. The second-order valence-electron chi connectivity index (χ2n) is 4.14. The first-order valence-corrected chi connectivity index (χ1v) is 5.89. The van der Waals surface area contributed by atoms with Crippen molar-refractivity contribution >= 4 is 17.3 Å². The van der Waals surface area contributed by atoms with Gasteiger partial charge >= 0.3 is 5.97 Å². The summed E-state index contributed by atoms with van der Waals surface area (Å²) in [4.78, 5) is 23.3. The summed E-state index contributed by atoms with van der Waals surface area (Å²) in [7, 11) is 0. The second-order valence-corrected chi connectivity index (χ2v) is 4.14. The Labute approximate surface area is 105 Å². The van der Waals surface area contributed by atoms with Gasteiger partial charge in [-0.3, -0.25) is 9.59 Å². The fourth-order valence-electron chi connectivity index (χ4n) is 2.14. The molecule has 0 fully saturated rings. The maximum Gasteiger partial charge on any atom is 0.311 e. The molecular weight excluding hydrogens is 230 g/mol. The average molecular weight is 245 g/mol. The van der Waals surface area contributed by atoms with E-state index in [0.717, 1.165) is 11.1 Å². The van der Waals surface area contributed by atoms with Gasteiger partial charge in [-0.05, 0) is 18.1 Å². The number of ether oxygens (including phenoxy) is 1. The Balaban J connectivity index is 2.32. The summed E-state index contributed by atoms with van der Waals surface area (Å²) < 4.78 is 4.83. The summed E-state index contributed by atoms with van der Waals surface area (Å²) in [6.45, 7) is 2.04. The molecule has 18 heavy (non-hydrogen) atoms. The van der Waals surface area contributed by atoms with Crippen LogP contribution in [0.25, 0.3) is 5.57 Å². The van der Waals surface area contributed by atoms with E-state index in [1.807, 2.05) is 24.3 Å². The summed E-state index contributed by atoms with van der Waals surface area (Å²) in [5.74, 6) is -0.433. The molecule has 0 saturated carbocycles. The van der Waals surface area contributed by atoms with E-state index >= 15 is 0 Å². The molecule has 0 atom stereocenters. The molecule has 0 aromatic heterocycles. The van der Waals surface area contributed by atoms with Crippen LogP contribution in [0.15, 0.2) is 30.0 Å². The van der Waals surface area contributed by atoms with Crippen molar-refractivity contribution in [3.8, 4) is 0 Å². The van der Waals surface area contributed by atoms with Crippen LogP contribution in [0.4, 0.5) is 0 Å². The number of rotatable bonds is 3. The van der Waals surface area contributed by atoms with E-state index in [0.29, 0.717) is 24.3 Å². The molecule has 0 amide bonds. The first-order valence-electron chi connectivity index (χ1n) is 5.89. The molecule has 94 valence electrons. The predicted molar refractivity (Wildman–Crippen MR) is 67.5 cm³/mol. The van der Waals surface area contributed by atoms with Crippen molar-refractivity contribution in [1.82, 2.24) is 0 Å². The van der Waals surface area contributed by atoms with Gasteiger partial charge in [0.1, 0.15) is 0 Å². The Morgan fingerprint density at radius 2 is 2.11 bits per heavy atom. The fourth-order valence-corrected chi connectivity index (χ4v) is 2.14. The van der Waals surface area contributed by atoms with Gasteiger partial charge in [-0.15, -0.1) is 0 Å². The lowest BCUT2D eigenvalue weighted by atomic mass is 10.0. The zero-order chi connectivity index (χ0) is 13.1. The van der Waals surface area contributed by atoms with E-state index in [1.165, 1.54) is 0 Å². The molecule has 0 saturated heterocycles. The van der Waals surface area contributed by atoms with Crippen molar-refractivity contribution in [1.29, 1.82) is 0 Å². The number of esters is 1. The van der Waals surface area contributed by atoms with Gasteiger partial charge in [0, 0.05) is 17.7 Å². The number of allylic oxidation sites excluding steroid dienone is 1. The molecular formula is C14H15NO3. The zero-order valence-corrected chi connectivity index (χ0v) is 10.2. The number of Topliss-reactive ketones (excluding diaryl/α,β-unsaturated/α-hetero) is 1. The van der Waals surface area contributed by atoms with Gasteiger partial charge in [-0.1, -0.05) is 24.3 Å². The Bertz CT molecular complexity index is 532. The lowest BCUT2D eigenvalue weighted by molar-refractivity contribution is -0.142. The molecule has 2 rings (SSSR count). The molecule has 0 spiro atoms. The van der Waals surface area contributed by atoms with Gasteiger partial charge in [0.15, 0.2) is 5.78 Å². The Morgan fingerprint density at radius 3 is 2.83 bits per heavy atom. The molecule has 4 heteroatoms. The van der Waals surface area contributed by atoms with Crippen LogP contribution in [-0.2, 0) is 20.7 Å². The maximum atomic E-state index is 11.9. The minimum atomic E-state index is -0.403. The molecule has 4 nitrogen and oxygen atoms in total. The van der Waals surface area contributed by atoms with Crippen LogP contribution in [0.2, 0.25) is 0 Å². The van der Waals surface area contributed by atoms with Crippen LogP contribution in [0.1, 0.15) is 24.5 Å². The summed E-state index contributed by atoms with van der Waals surface area (Å²) in [5.41, 5.74) is 8.44. The monoisotopic (exact) mass is 245 g/mol. The van der Waals surface area contributed by atoms with E-state index < -0.39 is 5.97 Å². The van der Waals surface area contributed by atoms with Crippen molar-refractivity contribution in [2.45, 2.75) is 19.8 Å². The summed E-state index contributed by atoms with van der Waals surface area (Å²) in [5, 5.41) is 0. The number of carbonyl (C=O) groups is 2. The van der Waals surface area contributed by atoms with Crippen LogP contribution >= 0.6 is 0 Å². The van der Waals surface area contributed by atoms with Crippen molar-refractivity contribution in [2.24, 2.45) is 5.73 Å². The minimum absolute atomic E-state index is 0.0296. The smallest absolute Gasteiger partial charge is 0.311 e. The number of hydrogen-bond acceptors (Lipinski definition) is 4. The van der Waals surface area contributed by atoms with Crippen LogP contribution in [-0.4, -0.2) is 18.4 Å². The largest absolute Gasteiger partial charge is 0.466 e. The number of hydrogen-bond donors (Lipinski definition) is 1. The molecule has 0 bridgehead atoms. The Hall–Kier alpha value is -2.10. The quantitative estimate of drug-likeness (QED) is 0.646. The summed E-state index contributed by atoms with van der Waals surface area (Å²) in [6.07, 6.45) is 0.318. The highest BCUT2D eigenvalue weighted by molar-refractivity contribution is 6.26. The third-order valence-corrected chi connectivity index (χ3v) is 2.88. The van der Waals surface area contributed by atoms with Crippen molar-refractivity contribution in [3.63, 3.8) is 0 Å². The maximum absolute atomic E-state index is 11.9. The standard InChI is InChI=1S/C14H15NO3/c1-2-18-13(17)8-11(15)14-10-6-4-3-5-9(10)7-12(14)16/h3-6H,2,7-8,15H2,1H3/b14-11-. The topological polar surface area (TPSA) is 69.4 Å². The molecule has 0 radical (unpaired) electrons. The molecule has 0 aliphatic heterocycles. The molecule has 0 unspecified atom stereocenters. The van der Waals surface area contributed by atoms with Crippen LogP contribution in [0, 0.1) is 0 Å². The number of carbonyl (C=O) groups excluding carboxylic acids is 2. The third kappa shape index (κ3) is 2.27. The molecule has 1 aliphatic carbocycles. The van der Waals surface area contributed by atoms with E-state index in [4.69, 9.17) is 10.5 Å². The normalized spacial score (nSPS) is 16.4. The van der Waals surface area contributed by atoms with Crippen LogP contribution in [0.3, 0.4) is 0 Å². The highest BCUT2D eigenvalue weighted by Crippen LogP contribution is 2.31. The minimum Gasteiger partial charge on any atom is -0.466 e. The molecule has 1 aromatic rings. The van der Waals surface area contributed by atoms with Gasteiger partial charge in [-0.25, -0.2) is 0 Å². The number of fused-ring (bicyclic) bond motifs is 1. The van der Waals surface area contributed by atoms with E-state index in [-0.39, 0.29) is 12.2 Å². The summed E-state index contributed by atoms with van der Waals surface area (Å²) in [6, 6.07) is 7.50. The zero-order valence-electron chi connectivity index (χ0n) is 10.2. The SMILES string of the molecule is CCOC(=O)C/C(N)=C1/C(=O)Cc2ccccc21. The van der Waals surface area contributed by atoms with Crippen LogP contribution in [0.5, 0.6) is 0 Å². The Morgan fingerprint density at radius 1 is 1.39 bits per heavy atom. The van der Waals surface area contributed by atoms with Gasteiger partial charge in [0.2, 0.25) is 0 Å². The molecule has 2 N–H and O–H groups in total. The lowest BCUT2D eigenvalue weighted by Crippen LogP contribution is -2.13. The molecule has 1 aromatic carbocycles. The average Bonchev–Trinajstić information content (AvgIpc) is 2.64. The molecule has 0 heterocycles. The van der Waals surface area contributed by atoms with Gasteiger partial charge in [0.05, 0.1) is 13.0 Å². The van der Waals surface area contributed by atoms with E-state index in [2.05, 4.69) is 0 Å². The Kier molecular flexibility index (Phi) is 3.46. The highest BCUT2D eigenvalue weighted by atomic mass is 16.5. The first-order chi connectivity index (χ1) is 8.63. The van der Waals surface area contributed by atoms with Gasteiger partial charge < -0.3 is 10.5 Å². The second kappa shape index (κ2) is 5.04. The van der Waals surface area contributed by atoms with E-state index in [9.17, 15) is 9.59 Å². The molecule has 1 aliphatic rings. The van der Waals surface area contributed by atoms with Gasteiger partial charge in [0.25, 0.3) is 0 Å². The number of benzene rings is 1. The fraction of sp³-hybridized carbons (Fsp3) is 0.286. The number of ketones is 1. The third-order valence-electron chi connectivity index (χ3n) is 2.88. The number of nitrogens with two attached hydrogens (primary N) is 1. The van der Waals surface area contributed by atoms with Crippen molar-refractivity contribution < 1.29 is 14.3 Å². The lowest BCUT2D eigenvalue weighted by Gasteiger charge is -2.06. The van der Waals surface area contributed by atoms with E-state index in [1.54, 1.807) is 6.92 Å². The predicted octanol–water partition coefficient (Wildman–Crippen LogP) is 1.43.